The molecule has 1 atom stereocenters. The number of nitrogens with one attached hydrogen (secondary N) is 2. The van der Waals surface area contributed by atoms with Gasteiger partial charge in [0.25, 0.3) is 6.01 Å². The molecule has 0 spiro atoms. The second kappa shape index (κ2) is 7.78. The number of nitrogens with zero attached hydrogens (tertiary/aromatic N) is 3. The first-order chi connectivity index (χ1) is 15.0. The topological polar surface area (TPSA) is 98.1 Å². The van der Waals surface area contributed by atoms with Crippen LogP contribution in [-0.2, 0) is 22.7 Å². The van der Waals surface area contributed by atoms with Crippen LogP contribution < -0.4 is 14.8 Å². The predicted molar refractivity (Wildman–Crippen MR) is 111 cm³/mol. The molecular weight excluding hydrogens is 447 g/mol. The molecule has 1 aromatic carbocycles. The summed E-state index contributed by atoms with van der Waals surface area (Å²) in [7, 11) is -2.44. The lowest BCUT2D eigenvalue weighted by atomic mass is 10.1. The first kappa shape index (κ1) is 22.1. The first-order valence-electron chi connectivity index (χ1n) is 9.61. The Morgan fingerprint density at radius 1 is 1.22 bits per heavy atom. The summed E-state index contributed by atoms with van der Waals surface area (Å²) in [6.45, 7) is 4.36. The summed E-state index contributed by atoms with van der Waals surface area (Å²) in [6, 6.07) is 6.90. The molecule has 8 nitrogen and oxygen atoms in total. The predicted octanol–water partition coefficient (Wildman–Crippen LogP) is 3.70. The maximum atomic E-state index is 12.8. The lowest BCUT2D eigenvalue weighted by molar-refractivity contribution is -0.137. The lowest BCUT2D eigenvalue weighted by Gasteiger charge is -2.14. The van der Waals surface area contributed by atoms with E-state index in [9.17, 15) is 21.6 Å². The van der Waals surface area contributed by atoms with Crippen molar-refractivity contribution in [2.45, 2.75) is 37.6 Å². The van der Waals surface area contributed by atoms with Gasteiger partial charge in [0.05, 0.1) is 22.7 Å². The molecule has 1 aliphatic rings. The standard InChI is InChI=1S/C20H20F3N5O3S/c1-11-10-28-12(2)18(27-19(28)31-11)15-8-14(32(29,30)24-3)5-6-16(15)26-17-7-4-13(9-25-17)20(21,22)23/h4-9,11,24H,10H2,1-3H3,(H,25,26)/t11-/m1/s1. The maximum Gasteiger partial charge on any atom is 0.417 e. The number of hydrogen-bond acceptors (Lipinski definition) is 6. The van der Waals surface area contributed by atoms with Crippen molar-refractivity contribution in [1.82, 2.24) is 19.3 Å². The summed E-state index contributed by atoms with van der Waals surface area (Å²) in [5.74, 6) is 0.165. The molecule has 0 radical (unpaired) electrons. The summed E-state index contributed by atoms with van der Waals surface area (Å²) < 4.78 is 73.0. The van der Waals surface area contributed by atoms with E-state index in [0.29, 0.717) is 29.5 Å². The van der Waals surface area contributed by atoms with Crippen LogP contribution >= 0.6 is 0 Å². The van der Waals surface area contributed by atoms with Crippen molar-refractivity contribution >= 4 is 21.5 Å². The van der Waals surface area contributed by atoms with Crippen LogP contribution in [0.5, 0.6) is 6.01 Å². The summed E-state index contributed by atoms with van der Waals surface area (Å²) in [5, 5.41) is 2.96. The van der Waals surface area contributed by atoms with Gasteiger partial charge in [0.1, 0.15) is 11.9 Å². The Hall–Kier alpha value is -3.12. The van der Waals surface area contributed by atoms with Crippen molar-refractivity contribution in [2.24, 2.45) is 0 Å². The molecule has 32 heavy (non-hydrogen) atoms. The van der Waals surface area contributed by atoms with Gasteiger partial charge in [-0.25, -0.2) is 18.1 Å². The fourth-order valence-corrected chi connectivity index (χ4v) is 4.19. The molecule has 2 N–H and O–H groups in total. The van der Waals surface area contributed by atoms with Crippen molar-refractivity contribution in [3.8, 4) is 17.3 Å². The monoisotopic (exact) mass is 467 g/mol. The van der Waals surface area contributed by atoms with E-state index in [-0.39, 0.29) is 16.8 Å². The van der Waals surface area contributed by atoms with Crippen LogP contribution in [0, 0.1) is 6.92 Å². The van der Waals surface area contributed by atoms with Crippen molar-refractivity contribution in [2.75, 3.05) is 12.4 Å². The van der Waals surface area contributed by atoms with E-state index in [4.69, 9.17) is 4.74 Å². The summed E-state index contributed by atoms with van der Waals surface area (Å²) in [6.07, 6.45) is -3.80. The zero-order valence-electron chi connectivity index (χ0n) is 17.4. The van der Waals surface area contributed by atoms with Gasteiger partial charge in [0, 0.05) is 23.1 Å². The van der Waals surface area contributed by atoms with Crippen molar-refractivity contribution < 1.29 is 26.3 Å². The SMILES string of the molecule is CNS(=O)(=O)c1ccc(Nc2ccc(C(F)(F)F)cn2)c(-c2nc3n(c2C)C[C@@H](C)O3)c1. The van der Waals surface area contributed by atoms with Gasteiger partial charge in [-0.1, -0.05) is 0 Å². The Balaban J connectivity index is 1.79. The third-order valence-corrected chi connectivity index (χ3v) is 6.52. The second-order valence-electron chi connectivity index (χ2n) is 7.34. The molecule has 3 aromatic rings. The summed E-state index contributed by atoms with van der Waals surface area (Å²) in [4.78, 5) is 8.37. The molecule has 2 aromatic heterocycles. The minimum absolute atomic E-state index is 0.0165. The molecule has 0 saturated heterocycles. The van der Waals surface area contributed by atoms with E-state index in [0.717, 1.165) is 18.0 Å². The highest BCUT2D eigenvalue weighted by molar-refractivity contribution is 7.89. The van der Waals surface area contributed by atoms with Gasteiger partial charge in [-0.3, -0.25) is 4.57 Å². The largest absolute Gasteiger partial charge is 0.460 e. The highest BCUT2D eigenvalue weighted by Gasteiger charge is 2.31. The van der Waals surface area contributed by atoms with Crippen LogP contribution in [0.2, 0.25) is 0 Å². The highest BCUT2D eigenvalue weighted by atomic mass is 32.2. The van der Waals surface area contributed by atoms with E-state index >= 15 is 0 Å². The Morgan fingerprint density at radius 2 is 1.97 bits per heavy atom. The Labute approximate surface area is 182 Å². The molecule has 4 rings (SSSR count). The number of anilines is 2. The van der Waals surface area contributed by atoms with Gasteiger partial charge in [-0.05, 0) is 51.2 Å². The molecule has 0 amide bonds. The average Bonchev–Trinajstić information content (AvgIpc) is 3.25. The van der Waals surface area contributed by atoms with Crippen molar-refractivity contribution in [1.29, 1.82) is 0 Å². The van der Waals surface area contributed by atoms with E-state index in [1.807, 2.05) is 18.4 Å². The molecule has 12 heteroatoms. The van der Waals surface area contributed by atoms with E-state index in [1.54, 1.807) is 0 Å². The number of hydrogen-bond donors (Lipinski definition) is 2. The second-order valence-corrected chi connectivity index (χ2v) is 9.22. The number of sulfonamides is 1. The molecule has 170 valence electrons. The van der Waals surface area contributed by atoms with Crippen LogP contribution in [0.4, 0.5) is 24.7 Å². The molecule has 3 heterocycles. The third kappa shape index (κ3) is 4.02. The number of benzene rings is 1. The van der Waals surface area contributed by atoms with Gasteiger partial charge >= 0.3 is 6.18 Å². The molecular formula is C20H20F3N5O3S. The number of ether oxygens (including phenoxy) is 1. The molecule has 0 fully saturated rings. The normalized spacial score (nSPS) is 16.0. The van der Waals surface area contributed by atoms with Crippen LogP contribution in [0.25, 0.3) is 11.3 Å². The highest BCUT2D eigenvalue weighted by Crippen LogP contribution is 2.37. The van der Waals surface area contributed by atoms with E-state index in [1.165, 1.54) is 31.3 Å². The zero-order chi connectivity index (χ0) is 23.3. The average molecular weight is 467 g/mol. The fraction of sp³-hybridized carbons (Fsp3) is 0.300. The fourth-order valence-electron chi connectivity index (χ4n) is 3.43. The quantitative estimate of drug-likeness (QED) is 0.594. The van der Waals surface area contributed by atoms with Crippen LogP contribution in [0.15, 0.2) is 41.4 Å². The van der Waals surface area contributed by atoms with Gasteiger partial charge in [-0.2, -0.15) is 18.2 Å². The Morgan fingerprint density at radius 3 is 2.56 bits per heavy atom. The minimum Gasteiger partial charge on any atom is -0.460 e. The molecule has 0 aliphatic carbocycles. The minimum atomic E-state index is -4.49. The number of alkyl halides is 3. The lowest BCUT2D eigenvalue weighted by Crippen LogP contribution is -2.18. The number of fused-ring (bicyclic) bond motifs is 1. The van der Waals surface area contributed by atoms with Gasteiger partial charge in [0.2, 0.25) is 10.0 Å². The number of halogens is 3. The van der Waals surface area contributed by atoms with Crippen molar-refractivity contribution in [3.63, 3.8) is 0 Å². The zero-order valence-corrected chi connectivity index (χ0v) is 18.2. The van der Waals surface area contributed by atoms with Gasteiger partial charge < -0.3 is 10.1 Å². The third-order valence-electron chi connectivity index (χ3n) is 5.11. The smallest absolute Gasteiger partial charge is 0.417 e. The Bertz CT molecular complexity index is 1270. The summed E-state index contributed by atoms with van der Waals surface area (Å²) >= 11 is 0. The number of pyridine rings is 1. The van der Waals surface area contributed by atoms with E-state index < -0.39 is 21.8 Å². The molecule has 1 aliphatic heterocycles. The van der Waals surface area contributed by atoms with Gasteiger partial charge in [0.15, 0.2) is 0 Å². The molecule has 0 unspecified atom stereocenters. The van der Waals surface area contributed by atoms with Crippen molar-refractivity contribution in [3.05, 3.63) is 47.8 Å². The maximum absolute atomic E-state index is 12.8. The number of rotatable bonds is 5. The number of aromatic nitrogens is 3. The molecule has 0 saturated carbocycles. The van der Waals surface area contributed by atoms with Crippen LogP contribution in [0.1, 0.15) is 18.2 Å². The van der Waals surface area contributed by atoms with Crippen LogP contribution in [-0.4, -0.2) is 36.1 Å². The van der Waals surface area contributed by atoms with E-state index in [2.05, 4.69) is 20.0 Å². The van der Waals surface area contributed by atoms with Crippen LogP contribution in [0.3, 0.4) is 0 Å². The molecule has 0 bridgehead atoms. The van der Waals surface area contributed by atoms with Gasteiger partial charge in [-0.15, -0.1) is 0 Å². The first-order valence-corrected chi connectivity index (χ1v) is 11.1. The Kier molecular flexibility index (Phi) is 5.37. The number of imidazole rings is 1. The summed E-state index contributed by atoms with van der Waals surface area (Å²) in [5.41, 5.74) is 1.27.